The molecule has 3 rings (SSSR count). The SMILES string of the molecule is COc1cc(OC)c(Nc2ncnc(N3CCCCC3C)c2[N+](=O)[O-])cc1Cl. The smallest absolute Gasteiger partial charge is 0.353 e. The normalized spacial score (nSPS) is 16.6. The first-order chi connectivity index (χ1) is 13.5. The van der Waals surface area contributed by atoms with E-state index in [4.69, 9.17) is 21.1 Å². The van der Waals surface area contributed by atoms with Crippen LogP contribution in [-0.4, -0.2) is 41.7 Å². The minimum atomic E-state index is -0.462. The summed E-state index contributed by atoms with van der Waals surface area (Å²) in [6.07, 6.45) is 4.36. The predicted octanol–water partition coefficient (Wildman–Crippen LogP) is 4.18. The molecule has 1 atom stereocenters. The standard InChI is InChI=1S/C18H22ClN5O4/c1-11-6-4-5-7-23(11)18-16(24(25)26)17(20-10-21-18)22-13-8-12(19)14(27-2)9-15(13)28-3/h8-11H,4-7H2,1-3H3,(H,20,21,22). The third-order valence-corrected chi connectivity index (χ3v) is 5.08. The van der Waals surface area contributed by atoms with Crippen LogP contribution in [0.25, 0.3) is 0 Å². The van der Waals surface area contributed by atoms with Crippen molar-refractivity contribution in [1.29, 1.82) is 0 Å². The van der Waals surface area contributed by atoms with Crippen molar-refractivity contribution in [2.75, 3.05) is 31.0 Å². The van der Waals surface area contributed by atoms with Crippen molar-refractivity contribution in [2.24, 2.45) is 0 Å². The summed E-state index contributed by atoms with van der Waals surface area (Å²) in [5, 5.41) is 15.2. The largest absolute Gasteiger partial charge is 0.495 e. The van der Waals surface area contributed by atoms with E-state index in [9.17, 15) is 10.1 Å². The number of anilines is 3. The van der Waals surface area contributed by atoms with Gasteiger partial charge in [-0.3, -0.25) is 10.1 Å². The zero-order valence-electron chi connectivity index (χ0n) is 15.9. The van der Waals surface area contributed by atoms with E-state index in [1.54, 1.807) is 12.1 Å². The molecule has 1 saturated heterocycles. The molecular weight excluding hydrogens is 386 g/mol. The minimum Gasteiger partial charge on any atom is -0.495 e. The number of piperidine rings is 1. The maximum Gasteiger partial charge on any atom is 0.353 e. The Kier molecular flexibility index (Phi) is 6.03. The Morgan fingerprint density at radius 2 is 2.00 bits per heavy atom. The van der Waals surface area contributed by atoms with Crippen LogP contribution in [0.2, 0.25) is 5.02 Å². The predicted molar refractivity (Wildman–Crippen MR) is 107 cm³/mol. The number of halogens is 1. The van der Waals surface area contributed by atoms with Crippen molar-refractivity contribution in [3.63, 3.8) is 0 Å². The number of aromatic nitrogens is 2. The van der Waals surface area contributed by atoms with E-state index in [0.29, 0.717) is 28.0 Å². The summed E-state index contributed by atoms with van der Waals surface area (Å²) < 4.78 is 10.5. The van der Waals surface area contributed by atoms with Crippen LogP contribution in [0.15, 0.2) is 18.5 Å². The first-order valence-electron chi connectivity index (χ1n) is 8.90. The highest BCUT2D eigenvalue weighted by Gasteiger charge is 2.31. The van der Waals surface area contributed by atoms with E-state index >= 15 is 0 Å². The zero-order chi connectivity index (χ0) is 20.3. The molecule has 1 aromatic carbocycles. The Balaban J connectivity index is 2.05. The van der Waals surface area contributed by atoms with E-state index in [2.05, 4.69) is 15.3 Å². The number of rotatable bonds is 6. The first kappa shape index (κ1) is 19.9. The average molecular weight is 408 g/mol. The molecule has 0 spiro atoms. The van der Waals surface area contributed by atoms with Crippen LogP contribution in [-0.2, 0) is 0 Å². The molecule has 1 aliphatic heterocycles. The molecular formula is C18H22ClN5O4. The van der Waals surface area contributed by atoms with Gasteiger partial charge in [0.05, 0.1) is 29.9 Å². The van der Waals surface area contributed by atoms with Crippen LogP contribution in [0.3, 0.4) is 0 Å². The van der Waals surface area contributed by atoms with Crippen molar-refractivity contribution in [1.82, 2.24) is 9.97 Å². The number of nitrogens with zero attached hydrogens (tertiary/aromatic N) is 4. The lowest BCUT2D eigenvalue weighted by Crippen LogP contribution is -2.38. The van der Waals surface area contributed by atoms with Crippen LogP contribution in [0, 0.1) is 10.1 Å². The van der Waals surface area contributed by atoms with Gasteiger partial charge in [0.25, 0.3) is 0 Å². The highest BCUT2D eigenvalue weighted by atomic mass is 35.5. The summed E-state index contributed by atoms with van der Waals surface area (Å²) in [6.45, 7) is 2.76. The molecule has 0 amide bonds. The summed E-state index contributed by atoms with van der Waals surface area (Å²) >= 11 is 6.20. The fraction of sp³-hybridized carbons (Fsp3) is 0.444. The number of nitrogens with one attached hydrogen (secondary N) is 1. The highest BCUT2D eigenvalue weighted by Crippen LogP contribution is 2.40. The van der Waals surface area contributed by atoms with Crippen LogP contribution >= 0.6 is 11.6 Å². The second-order valence-corrected chi connectivity index (χ2v) is 6.91. The van der Waals surface area contributed by atoms with Gasteiger partial charge >= 0.3 is 5.69 Å². The molecule has 1 aromatic heterocycles. The number of benzene rings is 1. The molecule has 1 N–H and O–H groups in total. The summed E-state index contributed by atoms with van der Waals surface area (Å²) in [4.78, 5) is 21.7. The maximum absolute atomic E-state index is 11.9. The molecule has 10 heteroatoms. The fourth-order valence-electron chi connectivity index (χ4n) is 3.34. The molecule has 9 nitrogen and oxygen atoms in total. The van der Waals surface area contributed by atoms with Crippen molar-refractivity contribution in [3.8, 4) is 11.5 Å². The topological polar surface area (TPSA) is 103 Å². The van der Waals surface area contributed by atoms with E-state index in [1.165, 1.54) is 20.5 Å². The van der Waals surface area contributed by atoms with Crippen LogP contribution in [0.4, 0.5) is 23.0 Å². The lowest BCUT2D eigenvalue weighted by atomic mass is 10.0. The number of ether oxygens (including phenoxy) is 2. The molecule has 150 valence electrons. The minimum absolute atomic E-state index is 0.0762. The number of methoxy groups -OCH3 is 2. The molecule has 2 heterocycles. The van der Waals surface area contributed by atoms with Crippen LogP contribution < -0.4 is 19.7 Å². The first-order valence-corrected chi connectivity index (χ1v) is 9.28. The van der Waals surface area contributed by atoms with Gasteiger partial charge < -0.3 is 19.7 Å². The van der Waals surface area contributed by atoms with Gasteiger partial charge in [-0.1, -0.05) is 11.6 Å². The Bertz CT molecular complexity index is 879. The van der Waals surface area contributed by atoms with Gasteiger partial charge in [-0.2, -0.15) is 0 Å². The second kappa shape index (κ2) is 8.47. The van der Waals surface area contributed by atoms with Crippen molar-refractivity contribution in [3.05, 3.63) is 33.6 Å². The molecule has 0 bridgehead atoms. The molecule has 1 aliphatic rings. The lowest BCUT2D eigenvalue weighted by Gasteiger charge is -2.33. The molecule has 1 unspecified atom stereocenters. The fourth-order valence-corrected chi connectivity index (χ4v) is 3.58. The number of hydrogen-bond donors (Lipinski definition) is 1. The molecule has 1 fully saturated rings. The van der Waals surface area contributed by atoms with E-state index in [1.807, 2.05) is 11.8 Å². The molecule has 28 heavy (non-hydrogen) atoms. The second-order valence-electron chi connectivity index (χ2n) is 6.50. The average Bonchev–Trinajstić information content (AvgIpc) is 2.68. The van der Waals surface area contributed by atoms with Crippen LogP contribution in [0.1, 0.15) is 26.2 Å². The Morgan fingerprint density at radius 3 is 2.64 bits per heavy atom. The quantitative estimate of drug-likeness (QED) is 0.562. The third-order valence-electron chi connectivity index (χ3n) is 4.79. The molecule has 0 saturated carbocycles. The van der Waals surface area contributed by atoms with Crippen molar-refractivity contribution in [2.45, 2.75) is 32.2 Å². The van der Waals surface area contributed by atoms with Crippen molar-refractivity contribution < 1.29 is 14.4 Å². The summed E-state index contributed by atoms with van der Waals surface area (Å²) in [7, 11) is 2.98. The maximum atomic E-state index is 11.9. The monoisotopic (exact) mass is 407 g/mol. The highest BCUT2D eigenvalue weighted by molar-refractivity contribution is 6.32. The summed E-state index contributed by atoms with van der Waals surface area (Å²) in [6, 6.07) is 3.35. The summed E-state index contributed by atoms with van der Waals surface area (Å²) in [5.41, 5.74) is 0.262. The van der Waals surface area contributed by atoms with E-state index < -0.39 is 4.92 Å². The molecule has 0 aliphatic carbocycles. The van der Waals surface area contributed by atoms with Gasteiger partial charge in [-0.15, -0.1) is 0 Å². The van der Waals surface area contributed by atoms with Gasteiger partial charge in [0.15, 0.2) is 0 Å². The van der Waals surface area contributed by atoms with Gasteiger partial charge in [0.2, 0.25) is 11.6 Å². The Hall–Kier alpha value is -2.81. The van der Waals surface area contributed by atoms with Gasteiger partial charge in [0.1, 0.15) is 17.8 Å². The third kappa shape index (κ3) is 3.89. The molecule has 0 radical (unpaired) electrons. The zero-order valence-corrected chi connectivity index (χ0v) is 16.7. The molecule has 2 aromatic rings. The van der Waals surface area contributed by atoms with Gasteiger partial charge in [-0.25, -0.2) is 9.97 Å². The Morgan fingerprint density at radius 1 is 1.25 bits per heavy atom. The lowest BCUT2D eigenvalue weighted by molar-refractivity contribution is -0.383. The number of hydrogen-bond acceptors (Lipinski definition) is 8. The Labute approximate surface area is 167 Å². The van der Waals surface area contributed by atoms with Crippen molar-refractivity contribution >= 4 is 34.6 Å². The van der Waals surface area contributed by atoms with Crippen LogP contribution in [0.5, 0.6) is 11.5 Å². The number of nitro groups is 1. The summed E-state index contributed by atoms with van der Waals surface area (Å²) in [5.74, 6) is 1.24. The van der Waals surface area contributed by atoms with E-state index in [-0.39, 0.29) is 17.5 Å². The van der Waals surface area contributed by atoms with E-state index in [0.717, 1.165) is 25.8 Å². The van der Waals surface area contributed by atoms with Gasteiger partial charge in [0, 0.05) is 18.7 Å². The van der Waals surface area contributed by atoms with Gasteiger partial charge in [-0.05, 0) is 32.3 Å².